The van der Waals surface area contributed by atoms with Crippen molar-refractivity contribution in [2.45, 2.75) is 46.1 Å². The van der Waals surface area contributed by atoms with Crippen LogP contribution in [0.15, 0.2) is 4.79 Å². The number of thiophene rings is 1. The number of hydrogen-bond acceptors (Lipinski definition) is 6. The molecule has 7 nitrogen and oxygen atoms in total. The van der Waals surface area contributed by atoms with Gasteiger partial charge in [-0.25, -0.2) is 4.98 Å². The van der Waals surface area contributed by atoms with E-state index in [1.807, 2.05) is 6.92 Å². The summed E-state index contributed by atoms with van der Waals surface area (Å²) in [4.78, 5) is 45.5. The molecule has 4 rings (SSSR count). The van der Waals surface area contributed by atoms with Crippen molar-refractivity contribution < 1.29 is 14.3 Å². The van der Waals surface area contributed by atoms with Gasteiger partial charge < -0.3 is 9.64 Å². The van der Waals surface area contributed by atoms with Gasteiger partial charge in [-0.3, -0.25) is 19.0 Å². The van der Waals surface area contributed by atoms with Gasteiger partial charge in [0, 0.05) is 26.1 Å². The monoisotopic (exact) mass is 389 g/mol. The Morgan fingerprint density at radius 1 is 1.30 bits per heavy atom. The van der Waals surface area contributed by atoms with Gasteiger partial charge in [-0.15, -0.1) is 11.3 Å². The molecule has 2 aromatic heterocycles. The number of aromatic nitrogens is 2. The Balaban J connectivity index is 1.65. The van der Waals surface area contributed by atoms with E-state index in [4.69, 9.17) is 4.74 Å². The quantitative estimate of drug-likeness (QED) is 0.751. The highest BCUT2D eigenvalue weighted by Gasteiger charge is 2.32. The number of carbonyl (C=O) groups excluding carboxylic acids is 2. The molecule has 4 heterocycles. The number of aryl methyl sites for hydroxylation is 2. The number of esters is 1. The van der Waals surface area contributed by atoms with Crippen molar-refractivity contribution in [2.75, 3.05) is 19.7 Å². The van der Waals surface area contributed by atoms with Crippen molar-refractivity contribution in [3.05, 3.63) is 26.6 Å². The van der Waals surface area contributed by atoms with Crippen molar-refractivity contribution in [1.82, 2.24) is 14.5 Å². The zero-order valence-electron chi connectivity index (χ0n) is 15.6. The molecule has 0 radical (unpaired) electrons. The molecule has 8 heteroatoms. The maximum Gasteiger partial charge on any atom is 0.310 e. The molecule has 1 amide bonds. The highest BCUT2D eigenvalue weighted by Crippen LogP contribution is 2.31. The molecule has 2 aromatic rings. The number of nitrogens with zero attached hydrogens (tertiary/aromatic N) is 3. The second kappa shape index (κ2) is 7.07. The van der Waals surface area contributed by atoms with E-state index in [-0.39, 0.29) is 23.4 Å². The van der Waals surface area contributed by atoms with E-state index >= 15 is 0 Å². The summed E-state index contributed by atoms with van der Waals surface area (Å²) in [6.45, 7) is 5.64. The van der Waals surface area contributed by atoms with Gasteiger partial charge in [-0.2, -0.15) is 0 Å². The lowest BCUT2D eigenvalue weighted by Gasteiger charge is -2.31. The molecule has 27 heavy (non-hydrogen) atoms. The third-order valence-electron chi connectivity index (χ3n) is 5.43. The fourth-order valence-corrected chi connectivity index (χ4v) is 5.20. The molecular formula is C19H23N3O4S. The Morgan fingerprint density at radius 2 is 2.11 bits per heavy atom. The largest absolute Gasteiger partial charge is 0.466 e. The molecule has 0 aliphatic carbocycles. The Bertz CT molecular complexity index is 977. The van der Waals surface area contributed by atoms with Crippen molar-refractivity contribution in [3.63, 3.8) is 0 Å². The summed E-state index contributed by atoms with van der Waals surface area (Å²) in [5.74, 6) is 0.187. The molecular weight excluding hydrogens is 366 g/mol. The first-order chi connectivity index (χ1) is 13.0. The van der Waals surface area contributed by atoms with E-state index in [1.54, 1.807) is 16.4 Å². The van der Waals surface area contributed by atoms with Crippen LogP contribution >= 0.6 is 11.3 Å². The van der Waals surface area contributed by atoms with Crippen LogP contribution in [-0.2, 0) is 22.5 Å². The molecule has 0 spiro atoms. The van der Waals surface area contributed by atoms with E-state index in [9.17, 15) is 14.4 Å². The fraction of sp³-hybridized carbons (Fsp3) is 0.579. The number of rotatable bonds is 3. The van der Waals surface area contributed by atoms with Crippen LogP contribution in [-0.4, -0.2) is 46.0 Å². The first kappa shape index (κ1) is 18.2. The molecule has 144 valence electrons. The molecule has 1 fully saturated rings. The van der Waals surface area contributed by atoms with Gasteiger partial charge in [0.25, 0.3) is 11.5 Å². The normalized spacial score (nSPS) is 19.3. The molecule has 0 unspecified atom stereocenters. The second-order valence-electron chi connectivity index (χ2n) is 7.17. The predicted octanol–water partition coefficient (Wildman–Crippen LogP) is 2.13. The predicted molar refractivity (Wildman–Crippen MR) is 102 cm³/mol. The van der Waals surface area contributed by atoms with Gasteiger partial charge in [0.1, 0.15) is 10.7 Å². The second-order valence-corrected chi connectivity index (χ2v) is 8.17. The number of fused-ring (bicyclic) bond motifs is 2. The van der Waals surface area contributed by atoms with Crippen LogP contribution in [0, 0.1) is 12.8 Å². The number of piperidine rings is 1. The van der Waals surface area contributed by atoms with E-state index < -0.39 is 0 Å². The smallest absolute Gasteiger partial charge is 0.310 e. The molecule has 0 saturated carbocycles. The van der Waals surface area contributed by atoms with Gasteiger partial charge >= 0.3 is 5.97 Å². The number of amides is 1. The third-order valence-corrected chi connectivity index (χ3v) is 6.61. The lowest BCUT2D eigenvalue weighted by molar-refractivity contribution is -0.149. The van der Waals surface area contributed by atoms with Crippen molar-refractivity contribution in [3.8, 4) is 0 Å². The molecule has 0 bridgehead atoms. The molecule has 2 aliphatic rings. The molecule has 0 N–H and O–H groups in total. The summed E-state index contributed by atoms with van der Waals surface area (Å²) in [7, 11) is 0. The molecule has 1 atom stereocenters. The number of hydrogen-bond donors (Lipinski definition) is 0. The summed E-state index contributed by atoms with van der Waals surface area (Å²) < 4.78 is 6.85. The van der Waals surface area contributed by atoms with E-state index in [1.165, 1.54) is 11.3 Å². The van der Waals surface area contributed by atoms with Gasteiger partial charge in [0.05, 0.1) is 22.8 Å². The zero-order valence-corrected chi connectivity index (χ0v) is 16.4. The average Bonchev–Trinajstić information content (AvgIpc) is 3.26. The summed E-state index contributed by atoms with van der Waals surface area (Å²) in [6.07, 6.45) is 3.25. The standard InChI is InChI=1S/C19H23N3O4S/c1-3-26-19(25)12-6-4-8-21(10-12)18(24)15-11(2)14-16(27-15)20-13-7-5-9-22(13)17(14)23/h12H,3-10H2,1-2H3/t12-/m0/s1. The number of likely N-dealkylation sites (tertiary alicyclic amines) is 1. The number of ether oxygens (including phenoxy) is 1. The minimum atomic E-state index is -0.273. The minimum Gasteiger partial charge on any atom is -0.466 e. The molecule has 2 aliphatic heterocycles. The zero-order chi connectivity index (χ0) is 19.1. The highest BCUT2D eigenvalue weighted by atomic mass is 32.1. The topological polar surface area (TPSA) is 81.5 Å². The van der Waals surface area contributed by atoms with Crippen LogP contribution in [0.5, 0.6) is 0 Å². The third kappa shape index (κ3) is 3.05. The van der Waals surface area contributed by atoms with Crippen LogP contribution in [0.4, 0.5) is 0 Å². The van der Waals surface area contributed by atoms with Crippen LogP contribution in [0.25, 0.3) is 10.2 Å². The number of carbonyl (C=O) groups is 2. The van der Waals surface area contributed by atoms with Gasteiger partial charge in [-0.05, 0) is 38.7 Å². The van der Waals surface area contributed by atoms with E-state index in [0.29, 0.717) is 46.9 Å². The van der Waals surface area contributed by atoms with Gasteiger partial charge in [0.2, 0.25) is 0 Å². The first-order valence-corrected chi connectivity index (χ1v) is 10.3. The maximum atomic E-state index is 13.1. The van der Waals surface area contributed by atoms with Crippen LogP contribution < -0.4 is 5.56 Å². The van der Waals surface area contributed by atoms with E-state index in [0.717, 1.165) is 31.5 Å². The fourth-order valence-electron chi connectivity index (χ4n) is 4.04. The van der Waals surface area contributed by atoms with Crippen molar-refractivity contribution >= 4 is 33.4 Å². The summed E-state index contributed by atoms with van der Waals surface area (Å²) in [6, 6.07) is 0. The van der Waals surface area contributed by atoms with Crippen molar-refractivity contribution in [2.24, 2.45) is 5.92 Å². The van der Waals surface area contributed by atoms with Crippen molar-refractivity contribution in [1.29, 1.82) is 0 Å². The summed E-state index contributed by atoms with van der Waals surface area (Å²) in [5, 5.41) is 0.563. The first-order valence-electron chi connectivity index (χ1n) is 9.50. The summed E-state index contributed by atoms with van der Waals surface area (Å²) >= 11 is 1.29. The average molecular weight is 389 g/mol. The highest BCUT2D eigenvalue weighted by molar-refractivity contribution is 7.20. The van der Waals surface area contributed by atoms with Crippen LogP contribution in [0.1, 0.15) is 47.2 Å². The lowest BCUT2D eigenvalue weighted by atomic mass is 9.98. The molecule has 1 saturated heterocycles. The Kier molecular flexibility index (Phi) is 4.75. The maximum absolute atomic E-state index is 13.1. The SMILES string of the molecule is CCOC(=O)[C@H]1CCCN(C(=O)c2sc3nc4n(c(=O)c3c2C)CCC4)C1. The van der Waals surface area contributed by atoms with Gasteiger partial charge in [-0.1, -0.05) is 0 Å². The summed E-state index contributed by atoms with van der Waals surface area (Å²) in [5.41, 5.74) is 0.668. The lowest BCUT2D eigenvalue weighted by Crippen LogP contribution is -2.42. The van der Waals surface area contributed by atoms with Crippen LogP contribution in [0.3, 0.4) is 0 Å². The van der Waals surface area contributed by atoms with Crippen LogP contribution in [0.2, 0.25) is 0 Å². The Hall–Kier alpha value is -2.22. The Labute approximate surface area is 160 Å². The van der Waals surface area contributed by atoms with E-state index in [2.05, 4.69) is 4.98 Å². The minimum absolute atomic E-state index is 0.0386. The molecule has 0 aromatic carbocycles. The Morgan fingerprint density at radius 3 is 2.89 bits per heavy atom. The van der Waals surface area contributed by atoms with Gasteiger partial charge in [0.15, 0.2) is 0 Å².